The van der Waals surface area contributed by atoms with Gasteiger partial charge in [-0.15, -0.1) is 0 Å². The summed E-state index contributed by atoms with van der Waals surface area (Å²) >= 11 is 1.69. The molecule has 1 aliphatic rings. The summed E-state index contributed by atoms with van der Waals surface area (Å²) in [6.45, 7) is 1.02. The molecule has 5 nitrogen and oxygen atoms in total. The molecular weight excluding hydrogens is 394 g/mol. The number of nitrogens with one attached hydrogen (secondary N) is 1. The number of hydrogen-bond acceptors (Lipinski definition) is 6. The van der Waals surface area contributed by atoms with E-state index in [-0.39, 0.29) is 0 Å². The molecule has 154 valence electrons. The molecular formula is C24H25N3O2S. The van der Waals surface area contributed by atoms with E-state index in [4.69, 9.17) is 14.5 Å². The van der Waals surface area contributed by atoms with Crippen LogP contribution in [0.15, 0.2) is 48.7 Å². The second-order valence-electron chi connectivity index (χ2n) is 7.83. The Labute approximate surface area is 180 Å². The lowest BCUT2D eigenvalue weighted by Gasteiger charge is -2.21. The molecule has 2 heterocycles. The van der Waals surface area contributed by atoms with E-state index in [0.717, 1.165) is 56.0 Å². The van der Waals surface area contributed by atoms with Crippen LogP contribution in [-0.4, -0.2) is 23.6 Å². The Morgan fingerprint density at radius 1 is 1.00 bits per heavy atom. The van der Waals surface area contributed by atoms with Crippen molar-refractivity contribution in [3.8, 4) is 17.2 Å². The lowest BCUT2D eigenvalue weighted by molar-refractivity contribution is 0.373. The van der Waals surface area contributed by atoms with Gasteiger partial charge in [0.1, 0.15) is 17.2 Å². The number of nitrogens with zero attached hydrogens (tertiary/aromatic N) is 2. The van der Waals surface area contributed by atoms with Gasteiger partial charge in [0.2, 0.25) is 0 Å². The molecule has 0 unspecified atom stereocenters. The molecule has 0 radical (unpaired) electrons. The SMILES string of the molecule is COc1ccc2nccc(Oc3ccc4nc(NCC5CCCCC5)sc4c3)c2c1. The number of ether oxygens (including phenoxy) is 2. The lowest BCUT2D eigenvalue weighted by atomic mass is 9.89. The summed E-state index contributed by atoms with van der Waals surface area (Å²) in [4.78, 5) is 9.16. The van der Waals surface area contributed by atoms with Crippen molar-refractivity contribution in [1.29, 1.82) is 0 Å². The lowest BCUT2D eigenvalue weighted by Crippen LogP contribution is -2.16. The van der Waals surface area contributed by atoms with E-state index in [1.165, 1.54) is 32.1 Å². The van der Waals surface area contributed by atoms with Gasteiger partial charge < -0.3 is 14.8 Å². The summed E-state index contributed by atoms with van der Waals surface area (Å²) in [5, 5.41) is 5.47. The first-order valence-corrected chi connectivity index (χ1v) is 11.4. The molecule has 5 rings (SSSR count). The minimum Gasteiger partial charge on any atom is -0.497 e. The fourth-order valence-electron chi connectivity index (χ4n) is 4.11. The normalized spacial score (nSPS) is 14.8. The number of benzene rings is 2. The minimum absolute atomic E-state index is 0.762. The van der Waals surface area contributed by atoms with Crippen LogP contribution in [0, 0.1) is 5.92 Å². The predicted octanol–water partition coefficient (Wildman–Crippen LogP) is 6.64. The zero-order valence-corrected chi connectivity index (χ0v) is 17.9. The van der Waals surface area contributed by atoms with Gasteiger partial charge >= 0.3 is 0 Å². The van der Waals surface area contributed by atoms with E-state index in [9.17, 15) is 0 Å². The van der Waals surface area contributed by atoms with Crippen LogP contribution >= 0.6 is 11.3 Å². The largest absolute Gasteiger partial charge is 0.497 e. The third kappa shape index (κ3) is 4.05. The molecule has 4 aromatic rings. The molecule has 1 N–H and O–H groups in total. The summed E-state index contributed by atoms with van der Waals surface area (Å²) in [5.41, 5.74) is 1.88. The fraction of sp³-hybridized carbons (Fsp3) is 0.333. The number of methoxy groups -OCH3 is 1. The molecule has 0 bridgehead atoms. The van der Waals surface area contributed by atoms with E-state index in [1.807, 2.05) is 36.4 Å². The molecule has 1 fully saturated rings. The van der Waals surface area contributed by atoms with Crippen molar-refractivity contribution in [2.24, 2.45) is 5.92 Å². The van der Waals surface area contributed by atoms with E-state index in [2.05, 4.69) is 16.4 Å². The quantitative estimate of drug-likeness (QED) is 0.380. The molecule has 1 saturated carbocycles. The fourth-order valence-corrected chi connectivity index (χ4v) is 5.01. The van der Waals surface area contributed by atoms with Crippen LogP contribution in [0.2, 0.25) is 0 Å². The first-order valence-electron chi connectivity index (χ1n) is 10.5. The maximum absolute atomic E-state index is 6.23. The molecule has 0 saturated heterocycles. The second-order valence-corrected chi connectivity index (χ2v) is 8.86. The Balaban J connectivity index is 1.36. The first-order chi connectivity index (χ1) is 14.8. The molecule has 30 heavy (non-hydrogen) atoms. The van der Waals surface area contributed by atoms with Crippen LogP contribution in [0.25, 0.3) is 21.1 Å². The number of rotatable bonds is 6. The number of fused-ring (bicyclic) bond motifs is 2. The highest BCUT2D eigenvalue weighted by Crippen LogP contribution is 2.35. The number of aromatic nitrogens is 2. The Kier molecular flexibility index (Phi) is 5.41. The number of anilines is 1. The van der Waals surface area contributed by atoms with Gasteiger partial charge in [0, 0.05) is 24.2 Å². The average molecular weight is 420 g/mol. The summed E-state index contributed by atoms with van der Waals surface area (Å²) in [6.07, 6.45) is 8.55. The molecule has 1 aliphatic carbocycles. The van der Waals surface area contributed by atoms with E-state index < -0.39 is 0 Å². The van der Waals surface area contributed by atoms with Gasteiger partial charge in [-0.3, -0.25) is 4.98 Å². The number of thiazole rings is 1. The predicted molar refractivity (Wildman–Crippen MR) is 123 cm³/mol. The number of pyridine rings is 1. The van der Waals surface area contributed by atoms with Crippen molar-refractivity contribution >= 4 is 37.6 Å². The standard InChI is InChI=1S/C24H25N3O2S/c1-28-17-7-9-20-19(13-17)22(11-12-25-20)29-18-8-10-21-23(14-18)30-24(27-21)26-15-16-5-3-2-4-6-16/h7-14,16H,2-6,15H2,1H3,(H,26,27). The van der Waals surface area contributed by atoms with Crippen LogP contribution in [0.1, 0.15) is 32.1 Å². The Morgan fingerprint density at radius 3 is 2.70 bits per heavy atom. The minimum atomic E-state index is 0.762. The molecule has 2 aromatic carbocycles. The maximum atomic E-state index is 6.23. The van der Waals surface area contributed by atoms with E-state index >= 15 is 0 Å². The van der Waals surface area contributed by atoms with Gasteiger partial charge in [-0.25, -0.2) is 4.98 Å². The summed E-state index contributed by atoms with van der Waals surface area (Å²) < 4.78 is 12.7. The van der Waals surface area contributed by atoms with Crippen molar-refractivity contribution < 1.29 is 9.47 Å². The molecule has 0 amide bonds. The van der Waals surface area contributed by atoms with Crippen LogP contribution < -0.4 is 14.8 Å². The summed E-state index contributed by atoms with van der Waals surface area (Å²) in [6, 6.07) is 13.7. The molecule has 6 heteroatoms. The van der Waals surface area contributed by atoms with E-state index in [1.54, 1.807) is 24.6 Å². The smallest absolute Gasteiger partial charge is 0.183 e. The summed E-state index contributed by atoms with van der Waals surface area (Å²) in [5.74, 6) is 3.12. The summed E-state index contributed by atoms with van der Waals surface area (Å²) in [7, 11) is 1.66. The monoisotopic (exact) mass is 419 g/mol. The van der Waals surface area contributed by atoms with Gasteiger partial charge in [0.25, 0.3) is 0 Å². The molecule has 0 aliphatic heterocycles. The Bertz CT molecular complexity index is 1170. The van der Waals surface area contributed by atoms with E-state index in [0.29, 0.717) is 0 Å². The highest BCUT2D eigenvalue weighted by Gasteiger charge is 2.14. The van der Waals surface area contributed by atoms with Crippen LogP contribution in [0.4, 0.5) is 5.13 Å². The van der Waals surface area contributed by atoms with Gasteiger partial charge in [-0.2, -0.15) is 0 Å². The van der Waals surface area contributed by atoms with Crippen LogP contribution in [0.3, 0.4) is 0 Å². The molecule has 0 atom stereocenters. The van der Waals surface area contributed by atoms with Crippen molar-refractivity contribution in [3.63, 3.8) is 0 Å². The molecule has 2 aromatic heterocycles. The topological polar surface area (TPSA) is 56.3 Å². The zero-order chi connectivity index (χ0) is 20.3. The third-order valence-corrected chi connectivity index (χ3v) is 6.74. The Hall–Kier alpha value is -2.86. The third-order valence-electron chi connectivity index (χ3n) is 5.76. The van der Waals surface area contributed by atoms with Crippen LogP contribution in [-0.2, 0) is 0 Å². The second kappa shape index (κ2) is 8.48. The zero-order valence-electron chi connectivity index (χ0n) is 17.1. The highest BCUT2D eigenvalue weighted by molar-refractivity contribution is 7.22. The van der Waals surface area contributed by atoms with Gasteiger partial charge in [-0.1, -0.05) is 30.6 Å². The van der Waals surface area contributed by atoms with Gasteiger partial charge in [-0.05, 0) is 55.2 Å². The average Bonchev–Trinajstić information content (AvgIpc) is 3.20. The molecule has 0 spiro atoms. The van der Waals surface area contributed by atoms with Crippen molar-refractivity contribution in [3.05, 3.63) is 48.7 Å². The first kappa shape index (κ1) is 19.1. The number of hydrogen-bond donors (Lipinski definition) is 1. The van der Waals surface area contributed by atoms with Crippen molar-refractivity contribution in [2.75, 3.05) is 19.0 Å². The van der Waals surface area contributed by atoms with Gasteiger partial charge in [0.15, 0.2) is 5.13 Å². The van der Waals surface area contributed by atoms with Crippen molar-refractivity contribution in [1.82, 2.24) is 9.97 Å². The Morgan fingerprint density at radius 2 is 1.83 bits per heavy atom. The van der Waals surface area contributed by atoms with Crippen LogP contribution in [0.5, 0.6) is 17.2 Å². The highest BCUT2D eigenvalue weighted by atomic mass is 32.1. The maximum Gasteiger partial charge on any atom is 0.183 e. The van der Waals surface area contributed by atoms with Crippen molar-refractivity contribution in [2.45, 2.75) is 32.1 Å². The van der Waals surface area contributed by atoms with Gasteiger partial charge in [0.05, 0.1) is 22.8 Å².